The molecular formula is C29H30N2O6. The van der Waals surface area contributed by atoms with E-state index < -0.39 is 0 Å². The van der Waals surface area contributed by atoms with Gasteiger partial charge in [0.1, 0.15) is 0 Å². The van der Waals surface area contributed by atoms with Crippen molar-refractivity contribution in [3.63, 3.8) is 0 Å². The quantitative estimate of drug-likeness (QED) is 0.521. The number of phenolic OH excluding ortho intramolecular Hbond substituents is 1. The molecule has 1 saturated heterocycles. The zero-order chi connectivity index (χ0) is 25.9. The van der Waals surface area contributed by atoms with Crippen LogP contribution in [0.25, 0.3) is 0 Å². The molecule has 0 saturated carbocycles. The first kappa shape index (κ1) is 24.6. The standard InChI is InChI=1S/C29H30N2O6/c1-35-25-11-9-21-14-27(25)37-26-13-18(5-10-24(26)32)6-12-28(33)30-23-17-31(16-22(21)23)15-19-3-7-20(8-4-19)29(34)36-2/h3-5,7-11,13-14,22-23,32H,6,12,15-17H2,1-2H3,(H,30,33)/t22-,23+/m0/s1. The normalized spacial score (nSPS) is 19.4. The van der Waals surface area contributed by atoms with Crippen LogP contribution in [-0.2, 0) is 22.5 Å². The molecule has 3 aromatic rings. The lowest BCUT2D eigenvalue weighted by molar-refractivity contribution is -0.121. The van der Waals surface area contributed by atoms with Gasteiger partial charge in [-0.15, -0.1) is 0 Å². The topological polar surface area (TPSA) is 97.3 Å². The number of nitrogens with zero attached hydrogens (tertiary/aromatic N) is 1. The second kappa shape index (κ2) is 10.5. The second-order valence-corrected chi connectivity index (χ2v) is 9.48. The summed E-state index contributed by atoms with van der Waals surface area (Å²) in [6.45, 7) is 2.10. The summed E-state index contributed by atoms with van der Waals surface area (Å²) in [7, 11) is 2.95. The van der Waals surface area contributed by atoms with Crippen molar-refractivity contribution < 1.29 is 28.9 Å². The Kier molecular flexibility index (Phi) is 7.01. The van der Waals surface area contributed by atoms with E-state index in [1.54, 1.807) is 37.4 Å². The zero-order valence-electron chi connectivity index (χ0n) is 20.9. The van der Waals surface area contributed by atoms with Crippen molar-refractivity contribution in [1.82, 2.24) is 10.2 Å². The number of hydrogen-bond acceptors (Lipinski definition) is 7. The van der Waals surface area contributed by atoms with E-state index in [0.29, 0.717) is 48.7 Å². The van der Waals surface area contributed by atoms with Crippen LogP contribution >= 0.6 is 0 Å². The highest BCUT2D eigenvalue weighted by Gasteiger charge is 2.35. The largest absolute Gasteiger partial charge is 0.504 e. The molecular weight excluding hydrogens is 472 g/mol. The van der Waals surface area contributed by atoms with Crippen molar-refractivity contribution in [3.05, 3.63) is 82.9 Å². The number of fused-ring (bicyclic) bond motifs is 6. The molecule has 2 aliphatic rings. The molecule has 1 fully saturated rings. The molecule has 8 nitrogen and oxygen atoms in total. The van der Waals surface area contributed by atoms with Gasteiger partial charge < -0.3 is 24.6 Å². The summed E-state index contributed by atoms with van der Waals surface area (Å²) in [6.07, 6.45) is 0.869. The number of likely N-dealkylation sites (tertiary alicyclic amines) is 1. The molecule has 192 valence electrons. The smallest absolute Gasteiger partial charge is 0.337 e. The van der Waals surface area contributed by atoms with E-state index in [0.717, 1.165) is 23.2 Å². The Morgan fingerprint density at radius 3 is 2.59 bits per heavy atom. The lowest BCUT2D eigenvalue weighted by atomic mass is 9.93. The number of carbonyl (C=O) groups is 2. The average molecular weight is 503 g/mol. The van der Waals surface area contributed by atoms with Crippen LogP contribution in [0, 0.1) is 0 Å². The van der Waals surface area contributed by atoms with Gasteiger partial charge in [-0.2, -0.15) is 0 Å². The molecule has 1 amide bonds. The van der Waals surface area contributed by atoms with Crippen LogP contribution in [0.4, 0.5) is 0 Å². The minimum absolute atomic E-state index is 0.0113. The van der Waals surface area contributed by atoms with Crippen LogP contribution in [0.5, 0.6) is 23.0 Å². The van der Waals surface area contributed by atoms with Crippen molar-refractivity contribution >= 4 is 11.9 Å². The maximum absolute atomic E-state index is 12.9. The molecule has 37 heavy (non-hydrogen) atoms. The van der Waals surface area contributed by atoms with Crippen LogP contribution in [0.2, 0.25) is 0 Å². The van der Waals surface area contributed by atoms with Gasteiger partial charge in [-0.3, -0.25) is 9.69 Å². The molecule has 0 aromatic heterocycles. The molecule has 0 unspecified atom stereocenters. The average Bonchev–Trinajstić information content (AvgIpc) is 3.30. The van der Waals surface area contributed by atoms with E-state index in [9.17, 15) is 14.7 Å². The number of nitrogens with one attached hydrogen (secondary N) is 1. The van der Waals surface area contributed by atoms with E-state index >= 15 is 0 Å². The lowest BCUT2D eigenvalue weighted by Crippen LogP contribution is -2.39. The van der Waals surface area contributed by atoms with E-state index in [-0.39, 0.29) is 29.6 Å². The molecule has 8 heteroatoms. The predicted molar refractivity (Wildman–Crippen MR) is 137 cm³/mol. The summed E-state index contributed by atoms with van der Waals surface area (Å²) >= 11 is 0. The third kappa shape index (κ3) is 5.39. The van der Waals surface area contributed by atoms with E-state index in [1.165, 1.54) is 7.11 Å². The first-order valence-corrected chi connectivity index (χ1v) is 12.3. The number of benzene rings is 3. The number of aryl methyl sites for hydroxylation is 1. The summed E-state index contributed by atoms with van der Waals surface area (Å²) in [5.41, 5.74) is 3.50. The van der Waals surface area contributed by atoms with Crippen LogP contribution < -0.4 is 14.8 Å². The van der Waals surface area contributed by atoms with Gasteiger partial charge in [0, 0.05) is 38.0 Å². The van der Waals surface area contributed by atoms with Crippen molar-refractivity contribution in [2.24, 2.45) is 0 Å². The maximum Gasteiger partial charge on any atom is 0.337 e. The third-order valence-electron chi connectivity index (χ3n) is 7.02. The summed E-state index contributed by atoms with van der Waals surface area (Å²) in [4.78, 5) is 27.0. The van der Waals surface area contributed by atoms with Crippen molar-refractivity contribution in [1.29, 1.82) is 0 Å². The Morgan fingerprint density at radius 2 is 1.84 bits per heavy atom. The van der Waals surface area contributed by atoms with E-state index in [4.69, 9.17) is 14.2 Å². The lowest BCUT2D eigenvalue weighted by Gasteiger charge is -2.21. The molecule has 4 bridgehead atoms. The number of hydrogen-bond donors (Lipinski definition) is 2. The van der Waals surface area contributed by atoms with E-state index in [2.05, 4.69) is 10.2 Å². The number of aromatic hydroxyl groups is 1. The fraction of sp³-hybridized carbons (Fsp3) is 0.310. The Labute approximate surface area is 215 Å². The molecule has 2 atom stereocenters. The number of phenols is 1. The molecule has 5 rings (SSSR count). The van der Waals surface area contributed by atoms with Crippen molar-refractivity contribution in [2.45, 2.75) is 31.3 Å². The number of rotatable bonds is 4. The monoisotopic (exact) mass is 502 g/mol. The van der Waals surface area contributed by atoms with Crippen molar-refractivity contribution in [2.75, 3.05) is 27.3 Å². The Hall–Kier alpha value is -4.04. The minimum Gasteiger partial charge on any atom is -0.504 e. The van der Waals surface area contributed by atoms with Gasteiger partial charge >= 0.3 is 5.97 Å². The Bertz CT molecular complexity index is 1310. The fourth-order valence-electron chi connectivity index (χ4n) is 5.08. The number of methoxy groups -OCH3 is 2. The Balaban J connectivity index is 1.44. The molecule has 0 spiro atoms. The van der Waals surface area contributed by atoms with Crippen LogP contribution in [0.3, 0.4) is 0 Å². The first-order valence-electron chi connectivity index (χ1n) is 12.3. The van der Waals surface area contributed by atoms with Gasteiger partial charge in [0.2, 0.25) is 5.91 Å². The molecule has 2 heterocycles. The highest BCUT2D eigenvalue weighted by Crippen LogP contribution is 2.40. The summed E-state index contributed by atoms with van der Waals surface area (Å²) in [5.74, 6) is 1.08. The molecule has 0 radical (unpaired) electrons. The van der Waals surface area contributed by atoms with Gasteiger partial charge in [0.25, 0.3) is 0 Å². The molecule has 2 aliphatic heterocycles. The maximum atomic E-state index is 12.9. The minimum atomic E-state index is -0.360. The van der Waals surface area contributed by atoms with Crippen molar-refractivity contribution in [3.8, 4) is 23.0 Å². The predicted octanol–water partition coefficient (Wildman–Crippen LogP) is 4.01. The van der Waals surface area contributed by atoms with Gasteiger partial charge in [0.15, 0.2) is 23.0 Å². The summed E-state index contributed by atoms with van der Waals surface area (Å²) < 4.78 is 16.4. The number of esters is 1. The molecule has 2 N–H and O–H groups in total. The van der Waals surface area contributed by atoms with Gasteiger partial charge in [-0.25, -0.2) is 4.79 Å². The Morgan fingerprint density at radius 1 is 1.03 bits per heavy atom. The molecule has 3 aromatic carbocycles. The van der Waals surface area contributed by atoms with Crippen LogP contribution in [0.1, 0.15) is 39.4 Å². The highest BCUT2D eigenvalue weighted by molar-refractivity contribution is 5.89. The van der Waals surface area contributed by atoms with Gasteiger partial charge in [-0.1, -0.05) is 24.3 Å². The van der Waals surface area contributed by atoms with Gasteiger partial charge in [-0.05, 0) is 59.5 Å². The summed E-state index contributed by atoms with van der Waals surface area (Å²) in [5, 5.41) is 13.6. The van der Waals surface area contributed by atoms with E-state index in [1.807, 2.05) is 30.3 Å². The van der Waals surface area contributed by atoms with Crippen LogP contribution in [0.15, 0.2) is 60.7 Å². The highest BCUT2D eigenvalue weighted by atomic mass is 16.5. The van der Waals surface area contributed by atoms with Crippen LogP contribution in [-0.4, -0.2) is 55.2 Å². The SMILES string of the molecule is COC(=O)c1ccc(CN2C[C@H]3NC(=O)CCc4ccc(O)c(c4)Oc4cc(ccc4OC)[C@@H]3C2)cc1. The first-order chi connectivity index (χ1) is 17.9. The number of carbonyl (C=O) groups excluding carboxylic acids is 2. The molecule has 0 aliphatic carbocycles. The zero-order valence-corrected chi connectivity index (χ0v) is 20.9. The van der Waals surface area contributed by atoms with Gasteiger partial charge in [0.05, 0.1) is 19.8 Å². The third-order valence-corrected chi connectivity index (χ3v) is 7.02. The number of amides is 1. The second-order valence-electron chi connectivity index (χ2n) is 9.48. The number of ether oxygens (including phenoxy) is 3. The fourth-order valence-corrected chi connectivity index (χ4v) is 5.08. The summed E-state index contributed by atoms with van der Waals surface area (Å²) in [6, 6.07) is 18.3.